The number of benzene rings is 2. The summed E-state index contributed by atoms with van der Waals surface area (Å²) in [5, 5.41) is 11.3. The van der Waals surface area contributed by atoms with Crippen LogP contribution in [0.2, 0.25) is 0 Å². The summed E-state index contributed by atoms with van der Waals surface area (Å²) in [6.45, 7) is 4.37. The second-order valence-corrected chi connectivity index (χ2v) is 7.17. The molecule has 0 saturated carbocycles. The highest BCUT2D eigenvalue weighted by atomic mass is 79.9. The van der Waals surface area contributed by atoms with E-state index in [0.29, 0.717) is 0 Å². The monoisotopic (exact) mass is 373 g/mol. The van der Waals surface area contributed by atoms with E-state index >= 15 is 0 Å². The molecule has 23 heavy (non-hydrogen) atoms. The Morgan fingerprint density at radius 3 is 2.13 bits per heavy atom. The maximum Gasteiger partial charge on any atom is 0.269 e. The van der Waals surface area contributed by atoms with Gasteiger partial charge in [-0.1, -0.05) is 48.7 Å². The largest absolute Gasteiger partial charge is 0.269 e. The maximum atomic E-state index is 11.3. The minimum Gasteiger partial charge on any atom is -0.258 e. The van der Waals surface area contributed by atoms with E-state index in [1.165, 1.54) is 11.1 Å². The lowest BCUT2D eigenvalue weighted by atomic mass is 9.71. The first-order chi connectivity index (χ1) is 11.0. The molecule has 0 unspecified atom stereocenters. The number of nitro groups is 1. The Hall–Kier alpha value is -1.68. The number of hydrogen-bond donors (Lipinski definition) is 0. The zero-order valence-electron chi connectivity index (χ0n) is 13.4. The van der Waals surface area contributed by atoms with Gasteiger partial charge >= 0.3 is 0 Å². The smallest absolute Gasteiger partial charge is 0.258 e. The number of halogens is 1. The van der Waals surface area contributed by atoms with Crippen LogP contribution in [-0.2, 0) is 5.41 Å². The molecule has 0 N–H and O–H groups in total. The summed E-state index contributed by atoms with van der Waals surface area (Å²) in [6.07, 6.45) is 4.12. The number of hydrogen-bond acceptors (Lipinski definition) is 2. The predicted molar refractivity (Wildman–Crippen MR) is 96.8 cm³/mol. The molecule has 0 fully saturated rings. The molecule has 0 bridgehead atoms. The van der Waals surface area contributed by atoms with Gasteiger partial charge in [-0.25, -0.2) is 0 Å². The van der Waals surface area contributed by atoms with Crippen LogP contribution in [0.5, 0.6) is 0 Å². The van der Waals surface area contributed by atoms with Crippen molar-refractivity contribution in [1.82, 2.24) is 0 Å². The fourth-order valence-corrected chi connectivity index (χ4v) is 4.45. The molecule has 0 heterocycles. The molecule has 0 spiro atoms. The Kier molecular flexibility index (Phi) is 4.28. The van der Waals surface area contributed by atoms with Gasteiger partial charge < -0.3 is 0 Å². The van der Waals surface area contributed by atoms with Gasteiger partial charge in [-0.05, 0) is 53.3 Å². The number of fused-ring (bicyclic) bond motifs is 3. The highest BCUT2D eigenvalue weighted by Gasteiger charge is 2.42. The fourth-order valence-electron chi connectivity index (χ4n) is 4.09. The molecule has 3 rings (SSSR count). The number of nitro benzene ring substituents is 1. The zero-order chi connectivity index (χ0) is 16.6. The van der Waals surface area contributed by atoms with Crippen LogP contribution in [0, 0.1) is 10.1 Å². The average molecular weight is 374 g/mol. The van der Waals surface area contributed by atoms with Crippen molar-refractivity contribution in [3.8, 4) is 11.1 Å². The Balaban J connectivity index is 2.32. The maximum absolute atomic E-state index is 11.3. The van der Waals surface area contributed by atoms with Crippen molar-refractivity contribution >= 4 is 21.6 Å². The lowest BCUT2D eigenvalue weighted by Gasteiger charge is -2.31. The van der Waals surface area contributed by atoms with E-state index in [9.17, 15) is 10.1 Å². The van der Waals surface area contributed by atoms with Crippen LogP contribution in [0.4, 0.5) is 5.69 Å². The van der Waals surface area contributed by atoms with E-state index in [0.717, 1.165) is 41.3 Å². The minimum atomic E-state index is -0.290. The summed E-state index contributed by atoms with van der Waals surface area (Å²) < 4.78 is 1.06. The van der Waals surface area contributed by atoms with Crippen LogP contribution in [0.3, 0.4) is 0 Å². The summed E-state index contributed by atoms with van der Waals surface area (Å²) >= 11 is 3.59. The molecule has 0 aromatic heterocycles. The van der Waals surface area contributed by atoms with Crippen molar-refractivity contribution < 1.29 is 4.92 Å². The van der Waals surface area contributed by atoms with Gasteiger partial charge in [0.2, 0.25) is 0 Å². The molecule has 3 nitrogen and oxygen atoms in total. The van der Waals surface area contributed by atoms with Crippen molar-refractivity contribution in [2.24, 2.45) is 0 Å². The second kappa shape index (κ2) is 6.08. The molecule has 0 atom stereocenters. The summed E-state index contributed by atoms with van der Waals surface area (Å²) in [7, 11) is 0. The van der Waals surface area contributed by atoms with Gasteiger partial charge in [0, 0.05) is 22.0 Å². The normalized spacial score (nSPS) is 14.4. The first-order valence-corrected chi connectivity index (χ1v) is 8.92. The third-order valence-corrected chi connectivity index (χ3v) is 5.36. The van der Waals surface area contributed by atoms with E-state index in [4.69, 9.17) is 0 Å². The van der Waals surface area contributed by atoms with Gasteiger partial charge in [0.25, 0.3) is 5.69 Å². The Morgan fingerprint density at radius 2 is 1.57 bits per heavy atom. The highest BCUT2D eigenvalue weighted by Crippen LogP contribution is 2.54. The molecule has 0 radical (unpaired) electrons. The number of nitrogens with zero attached hydrogens (tertiary/aromatic N) is 1. The van der Waals surface area contributed by atoms with Crippen molar-refractivity contribution in [3.05, 3.63) is 62.1 Å². The van der Waals surface area contributed by atoms with Crippen LogP contribution in [0.25, 0.3) is 11.1 Å². The zero-order valence-corrected chi connectivity index (χ0v) is 15.0. The summed E-state index contributed by atoms with van der Waals surface area (Å²) in [5.41, 5.74) is 4.89. The van der Waals surface area contributed by atoms with Crippen molar-refractivity contribution in [2.45, 2.75) is 44.9 Å². The Labute approximate surface area is 145 Å². The fraction of sp³-hybridized carbons (Fsp3) is 0.368. The van der Waals surface area contributed by atoms with Gasteiger partial charge in [-0.2, -0.15) is 0 Å². The Bertz CT molecular complexity index is 764. The van der Waals surface area contributed by atoms with Gasteiger partial charge in [0.15, 0.2) is 0 Å². The second-order valence-electron chi connectivity index (χ2n) is 6.26. The molecule has 0 amide bonds. The molecule has 1 aliphatic rings. The van der Waals surface area contributed by atoms with Crippen LogP contribution < -0.4 is 0 Å². The summed E-state index contributed by atoms with van der Waals surface area (Å²) in [5.74, 6) is 0. The van der Waals surface area contributed by atoms with Gasteiger partial charge in [-0.3, -0.25) is 10.1 Å². The lowest BCUT2D eigenvalue weighted by Crippen LogP contribution is -2.25. The molecule has 1 aliphatic carbocycles. The molecular weight excluding hydrogens is 354 g/mol. The van der Waals surface area contributed by atoms with E-state index in [1.54, 1.807) is 12.1 Å². The first kappa shape index (κ1) is 16.2. The standard InChI is InChI=1S/C19H20BrNO2/c1-3-9-19(10-4-2)17-11-13(20)5-7-15(17)16-8-6-14(21(22)23)12-18(16)19/h5-8,11-12H,3-4,9-10H2,1-2H3. The quantitative estimate of drug-likeness (QED) is 0.460. The number of rotatable bonds is 5. The summed E-state index contributed by atoms with van der Waals surface area (Å²) in [4.78, 5) is 11.0. The van der Waals surface area contributed by atoms with Gasteiger partial charge in [-0.15, -0.1) is 0 Å². The predicted octanol–water partition coefficient (Wildman–Crippen LogP) is 6.22. The lowest BCUT2D eigenvalue weighted by molar-refractivity contribution is -0.384. The van der Waals surface area contributed by atoms with Crippen molar-refractivity contribution in [3.63, 3.8) is 0 Å². The molecule has 4 heteroatoms. The van der Waals surface area contributed by atoms with Gasteiger partial charge in [0.05, 0.1) is 4.92 Å². The van der Waals surface area contributed by atoms with E-state index in [2.05, 4.69) is 48.0 Å². The topological polar surface area (TPSA) is 43.1 Å². The van der Waals surface area contributed by atoms with Crippen LogP contribution in [0.15, 0.2) is 40.9 Å². The SMILES string of the molecule is CCCC1(CCC)c2cc(Br)ccc2-c2ccc([N+](=O)[O-])cc21. The summed E-state index contributed by atoms with van der Waals surface area (Å²) in [6, 6.07) is 11.7. The van der Waals surface area contributed by atoms with E-state index < -0.39 is 0 Å². The average Bonchev–Trinajstić information content (AvgIpc) is 2.78. The van der Waals surface area contributed by atoms with Crippen molar-refractivity contribution in [2.75, 3.05) is 0 Å². The third kappa shape index (κ3) is 2.49. The first-order valence-electron chi connectivity index (χ1n) is 8.13. The highest BCUT2D eigenvalue weighted by molar-refractivity contribution is 9.10. The number of non-ortho nitro benzene ring substituents is 1. The molecule has 0 aliphatic heterocycles. The molecule has 0 saturated heterocycles. The van der Waals surface area contributed by atoms with E-state index in [-0.39, 0.29) is 16.0 Å². The van der Waals surface area contributed by atoms with Crippen LogP contribution in [0.1, 0.15) is 50.7 Å². The molecular formula is C19H20BrNO2. The van der Waals surface area contributed by atoms with Crippen LogP contribution in [-0.4, -0.2) is 4.92 Å². The van der Waals surface area contributed by atoms with Gasteiger partial charge in [0.1, 0.15) is 0 Å². The Morgan fingerprint density at radius 1 is 1.00 bits per heavy atom. The third-order valence-electron chi connectivity index (χ3n) is 4.87. The van der Waals surface area contributed by atoms with Crippen LogP contribution >= 0.6 is 15.9 Å². The molecule has 120 valence electrons. The molecule has 2 aromatic carbocycles. The van der Waals surface area contributed by atoms with Crippen molar-refractivity contribution in [1.29, 1.82) is 0 Å². The van der Waals surface area contributed by atoms with E-state index in [1.807, 2.05) is 6.07 Å². The minimum absolute atomic E-state index is 0.107. The molecule has 2 aromatic rings.